The Labute approximate surface area is 80.5 Å². The molecule has 0 aromatic heterocycles. The Morgan fingerprint density at radius 3 is 2.46 bits per heavy atom. The maximum Gasteiger partial charge on any atom is 0.0942 e. The van der Waals surface area contributed by atoms with E-state index in [4.69, 9.17) is 0 Å². The Balaban J connectivity index is 1.87. The van der Waals surface area contributed by atoms with E-state index in [2.05, 4.69) is 4.90 Å². The Kier molecular flexibility index (Phi) is 2.58. The van der Waals surface area contributed by atoms with Gasteiger partial charge < -0.3 is 9.85 Å². The Bertz CT molecular complexity index is 176. The molecule has 2 atom stereocenters. The first kappa shape index (κ1) is 9.44. The van der Waals surface area contributed by atoms with E-state index < -0.39 is 0 Å². The summed E-state index contributed by atoms with van der Waals surface area (Å²) < 4.78 is -0.0127. The molecule has 0 aromatic rings. The minimum atomic E-state index is -0.0127. The van der Waals surface area contributed by atoms with Crippen molar-refractivity contribution in [2.24, 2.45) is 0 Å². The number of quaternary nitrogens is 1. The van der Waals surface area contributed by atoms with E-state index in [0.717, 1.165) is 19.5 Å². The van der Waals surface area contributed by atoms with Crippen LogP contribution in [0.3, 0.4) is 0 Å². The van der Waals surface area contributed by atoms with Crippen molar-refractivity contribution in [1.29, 1.82) is 0 Å². The van der Waals surface area contributed by atoms with Crippen molar-refractivity contribution in [1.82, 2.24) is 4.90 Å². The van der Waals surface area contributed by atoms with Crippen LogP contribution >= 0.6 is 0 Å². The van der Waals surface area contributed by atoms with Crippen molar-refractivity contribution in [3.63, 3.8) is 0 Å². The van der Waals surface area contributed by atoms with E-state index in [1.165, 1.54) is 32.4 Å². The number of hydroxylamine groups is 3. The van der Waals surface area contributed by atoms with Crippen molar-refractivity contribution >= 4 is 0 Å². The minimum absolute atomic E-state index is 0.0127. The van der Waals surface area contributed by atoms with Crippen LogP contribution in [0.15, 0.2) is 0 Å². The molecule has 3 nitrogen and oxygen atoms in total. The number of likely N-dealkylation sites (tertiary alicyclic amines) is 2. The predicted octanol–water partition coefficient (Wildman–Crippen LogP) is 1.19. The van der Waals surface area contributed by atoms with Gasteiger partial charge in [-0.3, -0.25) is 4.90 Å². The van der Waals surface area contributed by atoms with Gasteiger partial charge in [-0.1, -0.05) is 6.42 Å². The molecule has 2 saturated heterocycles. The summed E-state index contributed by atoms with van der Waals surface area (Å²) in [6.07, 6.45) is 5.16. The Morgan fingerprint density at radius 1 is 1.23 bits per heavy atom. The lowest BCUT2D eigenvalue weighted by molar-refractivity contribution is -0.848. The van der Waals surface area contributed by atoms with Crippen LogP contribution in [0.2, 0.25) is 0 Å². The first-order valence-corrected chi connectivity index (χ1v) is 5.47. The van der Waals surface area contributed by atoms with Gasteiger partial charge in [-0.15, -0.1) is 0 Å². The van der Waals surface area contributed by atoms with E-state index in [0.29, 0.717) is 6.04 Å². The van der Waals surface area contributed by atoms with Gasteiger partial charge in [-0.25, -0.2) is 0 Å². The van der Waals surface area contributed by atoms with Crippen molar-refractivity contribution in [3.05, 3.63) is 5.21 Å². The maximum atomic E-state index is 11.7. The number of piperidine rings is 1. The van der Waals surface area contributed by atoms with Crippen LogP contribution in [-0.2, 0) is 0 Å². The molecule has 2 heterocycles. The molecule has 0 amide bonds. The molecule has 2 unspecified atom stereocenters. The van der Waals surface area contributed by atoms with Gasteiger partial charge in [-0.05, 0) is 25.9 Å². The lowest BCUT2D eigenvalue weighted by Crippen LogP contribution is -2.43. The van der Waals surface area contributed by atoms with Gasteiger partial charge >= 0.3 is 0 Å². The molecule has 76 valence electrons. The van der Waals surface area contributed by atoms with Crippen LogP contribution in [0.5, 0.6) is 0 Å². The predicted molar refractivity (Wildman–Crippen MR) is 53.1 cm³/mol. The van der Waals surface area contributed by atoms with E-state index in [-0.39, 0.29) is 4.65 Å². The lowest BCUT2D eigenvalue weighted by atomic mass is 10.1. The molecule has 0 aromatic carbocycles. The standard InChI is InChI=1S/C10H20N2O/c1-12(13)8-5-10(9-12)11-6-3-2-4-7-11/h10H,2-9H2,1H3. The van der Waals surface area contributed by atoms with Gasteiger partial charge in [0.05, 0.1) is 26.2 Å². The molecule has 2 rings (SSSR count). The summed E-state index contributed by atoms with van der Waals surface area (Å²) in [5.74, 6) is 0. The second-order valence-corrected chi connectivity index (χ2v) is 4.74. The molecule has 2 fully saturated rings. The fraction of sp³-hybridized carbons (Fsp3) is 1.00. The third kappa shape index (κ3) is 2.22. The third-order valence-corrected chi connectivity index (χ3v) is 3.44. The Hall–Kier alpha value is -0.120. The normalized spacial score (nSPS) is 42.5. The average molecular weight is 184 g/mol. The molecule has 0 aliphatic carbocycles. The molecule has 0 spiro atoms. The van der Waals surface area contributed by atoms with Crippen molar-refractivity contribution < 1.29 is 4.65 Å². The number of nitrogens with zero attached hydrogens (tertiary/aromatic N) is 2. The molecule has 2 aliphatic rings. The van der Waals surface area contributed by atoms with Crippen LogP contribution in [0.1, 0.15) is 25.7 Å². The summed E-state index contributed by atoms with van der Waals surface area (Å²) in [7, 11) is 1.81. The SMILES string of the molecule is C[N+]1([O-])CCC(N2CCCCC2)C1. The van der Waals surface area contributed by atoms with Crippen LogP contribution in [0, 0.1) is 5.21 Å². The van der Waals surface area contributed by atoms with E-state index in [1.54, 1.807) is 0 Å². The van der Waals surface area contributed by atoms with Crippen molar-refractivity contribution in [3.8, 4) is 0 Å². The first-order chi connectivity index (χ1) is 6.17. The lowest BCUT2D eigenvalue weighted by Gasteiger charge is -2.36. The fourth-order valence-corrected chi connectivity index (χ4v) is 2.63. The van der Waals surface area contributed by atoms with E-state index in [1.807, 2.05) is 7.05 Å². The topological polar surface area (TPSA) is 26.3 Å². The highest BCUT2D eigenvalue weighted by molar-refractivity contribution is 4.78. The van der Waals surface area contributed by atoms with Crippen molar-refractivity contribution in [2.75, 3.05) is 33.2 Å². The summed E-state index contributed by atoms with van der Waals surface area (Å²) in [4.78, 5) is 2.53. The van der Waals surface area contributed by atoms with Crippen LogP contribution in [-0.4, -0.2) is 48.8 Å². The van der Waals surface area contributed by atoms with Gasteiger partial charge in [0.15, 0.2) is 0 Å². The van der Waals surface area contributed by atoms with Gasteiger partial charge in [-0.2, -0.15) is 0 Å². The van der Waals surface area contributed by atoms with Gasteiger partial charge in [0, 0.05) is 6.42 Å². The minimum Gasteiger partial charge on any atom is -0.633 e. The molecule has 0 radical (unpaired) electrons. The fourth-order valence-electron chi connectivity index (χ4n) is 2.63. The average Bonchev–Trinajstić information content (AvgIpc) is 2.48. The van der Waals surface area contributed by atoms with Crippen LogP contribution < -0.4 is 0 Å². The largest absolute Gasteiger partial charge is 0.633 e. The van der Waals surface area contributed by atoms with E-state index in [9.17, 15) is 5.21 Å². The molecule has 0 bridgehead atoms. The summed E-state index contributed by atoms with van der Waals surface area (Å²) in [6, 6.07) is 0.586. The molecular weight excluding hydrogens is 164 g/mol. The van der Waals surface area contributed by atoms with Crippen LogP contribution in [0.4, 0.5) is 0 Å². The quantitative estimate of drug-likeness (QED) is 0.452. The number of likely N-dealkylation sites (N-methyl/N-ethyl adjacent to an activating group) is 1. The van der Waals surface area contributed by atoms with Gasteiger partial charge in [0.2, 0.25) is 0 Å². The second kappa shape index (κ2) is 3.56. The number of hydrogen-bond donors (Lipinski definition) is 0. The second-order valence-electron chi connectivity index (χ2n) is 4.74. The molecule has 3 heteroatoms. The number of rotatable bonds is 1. The molecule has 0 saturated carbocycles. The smallest absolute Gasteiger partial charge is 0.0942 e. The summed E-state index contributed by atoms with van der Waals surface area (Å²) in [5.41, 5.74) is 0. The summed E-state index contributed by atoms with van der Waals surface area (Å²) in [6.45, 7) is 4.09. The summed E-state index contributed by atoms with van der Waals surface area (Å²) >= 11 is 0. The zero-order valence-electron chi connectivity index (χ0n) is 8.54. The highest BCUT2D eigenvalue weighted by Crippen LogP contribution is 2.22. The molecule has 2 aliphatic heterocycles. The zero-order valence-corrected chi connectivity index (χ0v) is 8.54. The zero-order chi connectivity index (χ0) is 9.31. The van der Waals surface area contributed by atoms with Gasteiger partial charge in [0.25, 0.3) is 0 Å². The highest BCUT2D eigenvalue weighted by Gasteiger charge is 2.32. The Morgan fingerprint density at radius 2 is 1.92 bits per heavy atom. The highest BCUT2D eigenvalue weighted by atomic mass is 16.5. The van der Waals surface area contributed by atoms with Crippen molar-refractivity contribution in [2.45, 2.75) is 31.7 Å². The molecular formula is C10H20N2O. The third-order valence-electron chi connectivity index (χ3n) is 3.44. The van der Waals surface area contributed by atoms with E-state index >= 15 is 0 Å². The number of hydrogen-bond acceptors (Lipinski definition) is 2. The maximum absolute atomic E-state index is 11.7. The van der Waals surface area contributed by atoms with Gasteiger partial charge in [0.1, 0.15) is 0 Å². The summed E-state index contributed by atoms with van der Waals surface area (Å²) in [5, 5.41) is 11.7. The first-order valence-electron chi connectivity index (χ1n) is 5.47. The molecule has 13 heavy (non-hydrogen) atoms. The van der Waals surface area contributed by atoms with Crippen LogP contribution in [0.25, 0.3) is 0 Å². The molecule has 0 N–H and O–H groups in total. The monoisotopic (exact) mass is 184 g/mol.